The third-order valence-corrected chi connectivity index (χ3v) is 10.6. The maximum atomic E-state index is 12.7. The molecule has 1 aliphatic carbocycles. The molecular formula is C41H65N3O4S. The van der Waals surface area contributed by atoms with E-state index in [1.54, 1.807) is 0 Å². The second-order valence-corrected chi connectivity index (χ2v) is 14.9. The van der Waals surface area contributed by atoms with Crippen molar-refractivity contribution in [2.45, 2.75) is 155 Å². The summed E-state index contributed by atoms with van der Waals surface area (Å²) in [4.78, 5) is 40.8. The second-order valence-electron chi connectivity index (χ2n) is 13.8. The summed E-state index contributed by atoms with van der Waals surface area (Å²) in [5.41, 5.74) is 2.46. The molecule has 7 nitrogen and oxygen atoms in total. The molecule has 2 amide bonds. The quantitative estimate of drug-likeness (QED) is 0.0554. The molecule has 1 atom stereocenters. The van der Waals surface area contributed by atoms with E-state index in [0.29, 0.717) is 31.2 Å². The molecule has 0 spiro atoms. The molecule has 1 aliphatic rings. The van der Waals surface area contributed by atoms with Crippen LogP contribution >= 0.6 is 11.3 Å². The van der Waals surface area contributed by atoms with E-state index in [1.807, 2.05) is 23.5 Å². The van der Waals surface area contributed by atoms with E-state index in [-0.39, 0.29) is 24.2 Å². The monoisotopic (exact) mass is 695 g/mol. The summed E-state index contributed by atoms with van der Waals surface area (Å²) < 4.78 is 5.82. The fraction of sp³-hybridized carbons (Fsp3) is 0.683. The number of hydrogen-bond acceptors (Lipinski definition) is 6. The molecule has 0 bridgehead atoms. The molecule has 2 N–H and O–H groups in total. The van der Waals surface area contributed by atoms with Crippen molar-refractivity contribution in [2.75, 3.05) is 26.2 Å². The number of ether oxygens (including phenoxy) is 1. The smallest absolute Gasteiger partial charge is 0.312 e. The van der Waals surface area contributed by atoms with Gasteiger partial charge < -0.3 is 15.4 Å². The number of thiophene rings is 1. The Labute approximate surface area is 301 Å². The Morgan fingerprint density at radius 1 is 0.755 bits per heavy atom. The van der Waals surface area contributed by atoms with Crippen molar-refractivity contribution < 1.29 is 19.1 Å². The molecular weight excluding hydrogens is 631 g/mol. The summed E-state index contributed by atoms with van der Waals surface area (Å²) in [6.07, 6.45) is 21.6. The molecule has 1 aromatic heterocycles. The first-order valence-corrected chi connectivity index (χ1v) is 20.5. The lowest BCUT2D eigenvalue weighted by atomic mass is 9.86. The Morgan fingerprint density at radius 2 is 1.41 bits per heavy atom. The predicted octanol–water partition coefficient (Wildman–Crippen LogP) is 8.96. The van der Waals surface area contributed by atoms with Gasteiger partial charge in [-0.3, -0.25) is 19.3 Å². The molecule has 49 heavy (non-hydrogen) atoms. The summed E-state index contributed by atoms with van der Waals surface area (Å²) in [6.45, 7) is 7.71. The Morgan fingerprint density at radius 3 is 2.02 bits per heavy atom. The summed E-state index contributed by atoms with van der Waals surface area (Å²) >= 11 is 1.84. The van der Waals surface area contributed by atoms with Gasteiger partial charge in [0.1, 0.15) is 5.75 Å². The Hall–Kier alpha value is -2.71. The van der Waals surface area contributed by atoms with Gasteiger partial charge in [0, 0.05) is 43.4 Å². The number of benzene rings is 1. The van der Waals surface area contributed by atoms with Crippen molar-refractivity contribution in [3.63, 3.8) is 0 Å². The van der Waals surface area contributed by atoms with E-state index in [9.17, 15) is 14.4 Å². The number of esters is 1. The van der Waals surface area contributed by atoms with E-state index in [4.69, 9.17) is 4.74 Å². The molecule has 1 unspecified atom stereocenters. The van der Waals surface area contributed by atoms with Crippen LogP contribution in [0, 0.1) is 0 Å². The molecule has 0 saturated heterocycles. The fourth-order valence-electron chi connectivity index (χ4n) is 6.85. The molecule has 0 fully saturated rings. The predicted molar refractivity (Wildman–Crippen MR) is 203 cm³/mol. The number of hydrogen-bond donors (Lipinski definition) is 2. The lowest BCUT2D eigenvalue weighted by Crippen LogP contribution is -2.41. The number of rotatable bonds is 27. The van der Waals surface area contributed by atoms with Crippen molar-refractivity contribution in [1.29, 1.82) is 0 Å². The third-order valence-electron chi connectivity index (χ3n) is 9.70. The highest BCUT2D eigenvalue weighted by atomic mass is 32.1. The van der Waals surface area contributed by atoms with E-state index in [0.717, 1.165) is 90.3 Å². The lowest BCUT2D eigenvalue weighted by molar-refractivity contribution is -0.134. The van der Waals surface area contributed by atoms with Gasteiger partial charge in [0.2, 0.25) is 11.8 Å². The molecule has 3 rings (SSSR count). The van der Waals surface area contributed by atoms with Gasteiger partial charge in [-0.1, -0.05) is 96.3 Å². The fourth-order valence-corrected chi connectivity index (χ4v) is 7.55. The first kappa shape index (κ1) is 40.7. The number of carbonyl (C=O) groups excluding carboxylic acids is 3. The topological polar surface area (TPSA) is 87.7 Å². The number of unbranched alkanes of at least 4 members (excludes halogenated alkanes) is 11. The molecule has 274 valence electrons. The number of fused-ring (bicyclic) bond motifs is 1. The molecule has 0 aliphatic heterocycles. The van der Waals surface area contributed by atoms with Crippen molar-refractivity contribution in [1.82, 2.24) is 15.5 Å². The highest BCUT2D eigenvalue weighted by molar-refractivity contribution is 7.09. The second kappa shape index (κ2) is 25.3. The maximum absolute atomic E-state index is 12.7. The van der Waals surface area contributed by atoms with E-state index in [1.165, 1.54) is 60.9 Å². The number of nitrogens with zero attached hydrogens (tertiary/aromatic N) is 1. The number of nitrogens with one attached hydrogen (secondary N) is 2. The van der Waals surface area contributed by atoms with Gasteiger partial charge in [-0.05, 0) is 86.6 Å². The van der Waals surface area contributed by atoms with Crippen LogP contribution in [0.1, 0.15) is 145 Å². The van der Waals surface area contributed by atoms with Gasteiger partial charge in [-0.15, -0.1) is 11.3 Å². The van der Waals surface area contributed by atoms with Crippen molar-refractivity contribution in [3.8, 4) is 5.75 Å². The molecule has 2 aromatic rings. The summed E-state index contributed by atoms with van der Waals surface area (Å²) in [7, 11) is 0. The highest BCUT2D eigenvalue weighted by Gasteiger charge is 2.26. The zero-order valence-electron chi connectivity index (χ0n) is 30.7. The first-order chi connectivity index (χ1) is 24.0. The van der Waals surface area contributed by atoms with Crippen LogP contribution in [0.4, 0.5) is 0 Å². The molecule has 1 heterocycles. The first-order valence-electron chi connectivity index (χ1n) is 19.6. The number of amides is 2. The molecule has 8 heteroatoms. The normalized spacial score (nSPS) is 14.1. The van der Waals surface area contributed by atoms with Crippen LogP contribution in [-0.2, 0) is 33.6 Å². The third kappa shape index (κ3) is 17.2. The minimum atomic E-state index is -0.287. The van der Waals surface area contributed by atoms with Gasteiger partial charge in [0.15, 0.2) is 0 Å². The summed E-state index contributed by atoms with van der Waals surface area (Å²) in [5.74, 6) is 0.623. The van der Waals surface area contributed by atoms with E-state index >= 15 is 0 Å². The standard InChI is InChI=1S/C41H65N3O4S/c1-3-5-28-42-39(45)22-15-13-11-9-7-6-8-10-12-14-16-23-40(46)43-29-26-41(47)48-38-21-17-19-34-33-35(24-25-37(34)38)44(30-4-2)31-27-36-20-18-32-49-36/h17-21,32,35H,3-16,22-31,33H2,1-2H3,(H,42,45)(H,43,46). The number of carbonyl (C=O) groups is 3. The van der Waals surface area contributed by atoms with Gasteiger partial charge in [-0.2, -0.15) is 0 Å². The minimum Gasteiger partial charge on any atom is -0.426 e. The highest BCUT2D eigenvalue weighted by Crippen LogP contribution is 2.32. The van der Waals surface area contributed by atoms with Gasteiger partial charge in [-0.25, -0.2) is 0 Å². The largest absolute Gasteiger partial charge is 0.426 e. The average Bonchev–Trinajstić information content (AvgIpc) is 3.62. The van der Waals surface area contributed by atoms with Gasteiger partial charge in [0.05, 0.1) is 6.42 Å². The van der Waals surface area contributed by atoms with Crippen molar-refractivity contribution in [2.24, 2.45) is 0 Å². The Balaban J connectivity index is 1.19. The summed E-state index contributed by atoms with van der Waals surface area (Å²) in [5, 5.41) is 8.05. The van der Waals surface area contributed by atoms with Crippen LogP contribution in [-0.4, -0.2) is 54.9 Å². The van der Waals surface area contributed by atoms with E-state index in [2.05, 4.69) is 53.0 Å². The van der Waals surface area contributed by atoms with Crippen molar-refractivity contribution in [3.05, 3.63) is 51.7 Å². The molecule has 0 radical (unpaired) electrons. The maximum Gasteiger partial charge on any atom is 0.312 e. The van der Waals surface area contributed by atoms with Crippen LogP contribution in [0.3, 0.4) is 0 Å². The zero-order valence-corrected chi connectivity index (χ0v) is 31.5. The van der Waals surface area contributed by atoms with Crippen LogP contribution < -0.4 is 15.4 Å². The SMILES string of the molecule is CCCCNC(=O)CCCCCCCCCCCCCC(=O)NCCC(=O)Oc1cccc2c1CCC(N(CCC)CCc1cccs1)C2. The van der Waals surface area contributed by atoms with Crippen LogP contribution in [0.5, 0.6) is 5.75 Å². The lowest BCUT2D eigenvalue weighted by Gasteiger charge is -2.35. The van der Waals surface area contributed by atoms with Gasteiger partial charge in [0.25, 0.3) is 0 Å². The van der Waals surface area contributed by atoms with Crippen molar-refractivity contribution >= 4 is 29.1 Å². The molecule has 0 saturated carbocycles. The van der Waals surface area contributed by atoms with Gasteiger partial charge >= 0.3 is 5.97 Å². The zero-order chi connectivity index (χ0) is 34.9. The summed E-state index contributed by atoms with van der Waals surface area (Å²) in [6, 6.07) is 11.0. The average molecular weight is 696 g/mol. The van der Waals surface area contributed by atoms with E-state index < -0.39 is 0 Å². The van der Waals surface area contributed by atoms with Crippen LogP contribution in [0.2, 0.25) is 0 Å². The van der Waals surface area contributed by atoms with Crippen LogP contribution in [0.25, 0.3) is 0 Å². The molecule has 1 aromatic carbocycles. The Bertz CT molecular complexity index is 1200. The van der Waals surface area contributed by atoms with Crippen LogP contribution in [0.15, 0.2) is 35.7 Å². The Kier molecular flexibility index (Phi) is 21.0. The minimum absolute atomic E-state index is 0.0186.